The molecule has 3 atom stereocenters. The van der Waals surface area contributed by atoms with Crippen molar-refractivity contribution in [3.8, 4) is 0 Å². The number of piperidine rings is 1. The van der Waals surface area contributed by atoms with E-state index < -0.39 is 18.4 Å². The van der Waals surface area contributed by atoms with Crippen LogP contribution in [0.5, 0.6) is 0 Å². The summed E-state index contributed by atoms with van der Waals surface area (Å²) < 4.78 is 28.4. The molecule has 0 spiro atoms. The van der Waals surface area contributed by atoms with Crippen LogP contribution < -0.4 is 0 Å². The number of carbonyl (C=O) groups is 1. The van der Waals surface area contributed by atoms with Crippen LogP contribution in [-0.4, -0.2) is 49.2 Å². The molecule has 1 aromatic carbocycles. The lowest BCUT2D eigenvalue weighted by molar-refractivity contribution is -0.155. The summed E-state index contributed by atoms with van der Waals surface area (Å²) >= 11 is 0. The zero-order valence-electron chi connectivity index (χ0n) is 15.2. The summed E-state index contributed by atoms with van der Waals surface area (Å²) in [6.07, 6.45) is 3.61. The van der Waals surface area contributed by atoms with Gasteiger partial charge in [-0.2, -0.15) is 0 Å². The molecule has 4 heteroatoms. The Kier molecular flexibility index (Phi) is 3.29. The van der Waals surface area contributed by atoms with Gasteiger partial charge < -0.3 is 14.7 Å². The number of carbonyl (C=O) groups excluding carboxylic acids is 1. The fourth-order valence-corrected chi connectivity index (χ4v) is 3.59. The third-order valence-corrected chi connectivity index (χ3v) is 4.82. The van der Waals surface area contributed by atoms with Crippen LogP contribution in [0.3, 0.4) is 0 Å². The Hall–Kier alpha value is -1.39. The largest absolute Gasteiger partial charge is 0.462 e. The van der Waals surface area contributed by atoms with Crippen molar-refractivity contribution < 1.29 is 17.4 Å². The van der Waals surface area contributed by atoms with Gasteiger partial charge >= 0.3 is 5.97 Å². The monoisotopic (exact) mass is 293 g/mol. The fraction of sp³-hybridized carbons (Fsp3) is 0.588. The van der Waals surface area contributed by atoms with Gasteiger partial charge in [0.25, 0.3) is 0 Å². The number of hydrogen-bond acceptors (Lipinski definition) is 4. The van der Waals surface area contributed by atoms with Crippen LogP contribution in [-0.2, 0) is 9.53 Å². The molecular weight excluding hydrogens is 267 g/mol. The molecule has 2 aliphatic rings. The zero-order valence-corrected chi connectivity index (χ0v) is 12.2. The van der Waals surface area contributed by atoms with Gasteiger partial charge in [-0.05, 0) is 38.3 Å². The molecule has 2 heterocycles. The lowest BCUT2D eigenvalue weighted by atomic mass is 10.00. The van der Waals surface area contributed by atoms with Crippen LogP contribution in [0.15, 0.2) is 30.3 Å². The van der Waals surface area contributed by atoms with E-state index in [1.807, 2.05) is 0 Å². The third kappa shape index (κ3) is 2.97. The van der Waals surface area contributed by atoms with Gasteiger partial charge in [-0.25, -0.2) is 0 Å². The van der Waals surface area contributed by atoms with Crippen molar-refractivity contribution in [3.63, 3.8) is 0 Å². The number of aliphatic hydroxyl groups is 1. The van der Waals surface area contributed by atoms with Gasteiger partial charge in [-0.1, -0.05) is 30.3 Å². The second-order valence-electron chi connectivity index (χ2n) is 6.04. The maximum atomic E-state index is 12.7. The Balaban J connectivity index is 1.75. The van der Waals surface area contributed by atoms with E-state index in [9.17, 15) is 4.79 Å². The van der Waals surface area contributed by atoms with E-state index in [1.165, 1.54) is 0 Å². The van der Waals surface area contributed by atoms with Crippen molar-refractivity contribution in [2.24, 2.45) is 0 Å². The molecule has 2 bridgehead atoms. The molecule has 0 amide bonds. The van der Waals surface area contributed by atoms with Gasteiger partial charge in [0, 0.05) is 12.1 Å². The highest BCUT2D eigenvalue weighted by Gasteiger charge is 2.40. The van der Waals surface area contributed by atoms with Crippen LogP contribution in [0.25, 0.3) is 0 Å². The summed E-state index contributed by atoms with van der Waals surface area (Å²) in [6, 6.07) is 9.42. The molecule has 114 valence electrons. The average Bonchev–Trinajstić information content (AvgIpc) is 2.77. The summed E-state index contributed by atoms with van der Waals surface area (Å²) in [5, 5.41) is 4.21. The Morgan fingerprint density at radius 2 is 2.10 bits per heavy atom. The molecule has 1 N–H and O–H groups in total. The maximum absolute atomic E-state index is 12.7. The van der Waals surface area contributed by atoms with E-state index >= 15 is 0 Å². The molecule has 0 aliphatic carbocycles. The van der Waals surface area contributed by atoms with Gasteiger partial charge in [-0.15, -0.1) is 0 Å². The van der Waals surface area contributed by atoms with Crippen molar-refractivity contribution in [2.45, 2.75) is 49.8 Å². The number of fused-ring (bicyclic) bond motifs is 2. The van der Waals surface area contributed by atoms with Crippen LogP contribution in [0.1, 0.15) is 39.9 Å². The predicted octanol–water partition coefficient (Wildman–Crippen LogP) is 1.93. The lowest BCUT2D eigenvalue weighted by Crippen LogP contribution is -2.43. The second kappa shape index (κ2) is 6.16. The fourth-order valence-electron chi connectivity index (χ4n) is 3.59. The van der Waals surface area contributed by atoms with Crippen molar-refractivity contribution in [2.75, 3.05) is 13.6 Å². The Morgan fingerprint density at radius 3 is 2.71 bits per heavy atom. The number of nitrogens with zero attached hydrogens (tertiary/aromatic N) is 1. The third-order valence-electron chi connectivity index (χ3n) is 4.82. The number of benzene rings is 1. The van der Waals surface area contributed by atoms with Crippen LogP contribution in [0.2, 0.25) is 0 Å². The van der Waals surface area contributed by atoms with Gasteiger partial charge in [0.2, 0.25) is 1.43 Å². The SMILES string of the molecule is [2H]O[13C]([2H])([2H])C(C(=O)OC1CC2CCC(C1)N2C)c1ccccc1. The summed E-state index contributed by atoms with van der Waals surface area (Å²) in [4.78, 5) is 15.0. The topological polar surface area (TPSA) is 49.8 Å². The van der Waals surface area contributed by atoms with E-state index in [1.54, 1.807) is 30.3 Å². The molecule has 0 radical (unpaired) electrons. The molecule has 1 aromatic rings. The smallest absolute Gasteiger partial charge is 0.316 e. The molecule has 4 nitrogen and oxygen atoms in total. The first kappa shape index (κ1) is 11.2. The molecule has 3 rings (SSSR count). The molecule has 2 saturated heterocycles. The maximum Gasteiger partial charge on any atom is 0.316 e. The van der Waals surface area contributed by atoms with Gasteiger partial charge in [0.15, 0.2) is 0 Å². The summed E-state index contributed by atoms with van der Waals surface area (Å²) in [7, 11) is 2.11. The first-order chi connectivity index (χ1) is 11.4. The molecule has 2 aliphatic heterocycles. The van der Waals surface area contributed by atoms with E-state index in [0.717, 1.165) is 25.7 Å². The Bertz CT molecular complexity index is 570. The molecule has 21 heavy (non-hydrogen) atoms. The standard InChI is InChI=1S/C17H23NO3/c1-18-13-7-8-14(18)10-15(9-13)21-17(20)16(11-19)12-5-3-2-4-6-12/h2-6,13-16,19H,7-11H2,1H3/i11+1D2,19D. The number of esters is 1. The minimum absolute atomic E-state index is 0.195. The molecule has 2 fully saturated rings. The van der Waals surface area contributed by atoms with Crippen molar-refractivity contribution in [3.05, 3.63) is 35.9 Å². The number of hydrogen-bond donors (Lipinski definition) is 1. The zero-order chi connectivity index (χ0) is 17.3. The van der Waals surface area contributed by atoms with Crippen LogP contribution in [0.4, 0.5) is 0 Å². The van der Waals surface area contributed by atoms with E-state index in [0.29, 0.717) is 17.6 Å². The van der Waals surface area contributed by atoms with E-state index in [4.69, 9.17) is 8.91 Å². The number of ether oxygens (including phenoxy) is 1. The van der Waals surface area contributed by atoms with Gasteiger partial charge in [0.1, 0.15) is 12.0 Å². The Morgan fingerprint density at radius 1 is 1.43 bits per heavy atom. The highest BCUT2D eigenvalue weighted by Crippen LogP contribution is 2.36. The van der Waals surface area contributed by atoms with Crippen molar-refractivity contribution in [1.82, 2.24) is 4.90 Å². The minimum Gasteiger partial charge on any atom is -0.462 e. The predicted molar refractivity (Wildman–Crippen MR) is 80.0 cm³/mol. The van der Waals surface area contributed by atoms with Crippen LogP contribution >= 0.6 is 0 Å². The first-order valence-corrected chi connectivity index (χ1v) is 7.54. The van der Waals surface area contributed by atoms with Crippen molar-refractivity contribution in [1.29, 1.82) is 1.43 Å². The van der Waals surface area contributed by atoms with E-state index in [-0.39, 0.29) is 6.10 Å². The molecular formula is C17H23NO3. The average molecular weight is 293 g/mol. The molecule has 3 unspecified atom stereocenters. The highest BCUT2D eigenvalue weighted by molar-refractivity contribution is 5.78. The Labute approximate surface area is 130 Å². The number of rotatable bonds is 5. The molecule has 0 saturated carbocycles. The molecule has 0 aromatic heterocycles. The second-order valence-corrected chi connectivity index (χ2v) is 6.04. The summed E-state index contributed by atoms with van der Waals surface area (Å²) in [6.45, 7) is -2.44. The van der Waals surface area contributed by atoms with Crippen molar-refractivity contribution >= 4 is 5.97 Å². The summed E-state index contributed by atoms with van der Waals surface area (Å²) in [5.41, 5.74) is 0.454. The van der Waals surface area contributed by atoms with E-state index in [2.05, 4.69) is 17.1 Å². The minimum atomic E-state index is -2.44. The highest BCUT2D eigenvalue weighted by atomic mass is 16.5. The first-order valence-electron chi connectivity index (χ1n) is 8.95. The van der Waals surface area contributed by atoms with Gasteiger partial charge in [0.05, 0.1) is 9.30 Å². The van der Waals surface area contributed by atoms with Gasteiger partial charge in [-0.3, -0.25) is 4.79 Å². The normalized spacial score (nSPS) is 32.8. The lowest BCUT2D eigenvalue weighted by Gasteiger charge is -2.36. The van der Waals surface area contributed by atoms with Crippen LogP contribution in [0, 0.1) is 0 Å². The summed E-state index contributed by atoms with van der Waals surface area (Å²) in [5.74, 6) is -1.93. The quantitative estimate of drug-likeness (QED) is 0.666.